The van der Waals surface area contributed by atoms with Gasteiger partial charge < -0.3 is 9.55 Å². The molecule has 0 bridgehead atoms. The van der Waals surface area contributed by atoms with E-state index in [1.165, 1.54) is 6.07 Å². The molecular formula is C11H7BrFN3S2. The molecule has 0 saturated carbocycles. The van der Waals surface area contributed by atoms with E-state index in [9.17, 15) is 4.39 Å². The molecule has 0 radical (unpaired) electrons. The summed E-state index contributed by atoms with van der Waals surface area (Å²) in [5.74, 6) is -0.297. The maximum Gasteiger partial charge on any atom is 0.178 e. The summed E-state index contributed by atoms with van der Waals surface area (Å²) in [7, 11) is 0. The molecule has 2 aromatic heterocycles. The van der Waals surface area contributed by atoms with E-state index in [0.717, 1.165) is 15.9 Å². The Hall–Kier alpha value is -1.05. The lowest BCUT2D eigenvalue weighted by Gasteiger charge is -2.02. The van der Waals surface area contributed by atoms with E-state index in [2.05, 4.69) is 25.9 Å². The number of hydrogen-bond donors (Lipinski definition) is 1. The number of nitrogens with one attached hydrogen (secondary N) is 1. The first-order chi connectivity index (χ1) is 8.65. The van der Waals surface area contributed by atoms with Crippen LogP contribution in [-0.4, -0.2) is 14.5 Å². The normalized spacial score (nSPS) is 11.2. The smallest absolute Gasteiger partial charge is 0.178 e. The number of fused-ring (bicyclic) bond motifs is 1. The third kappa shape index (κ3) is 2.02. The van der Waals surface area contributed by atoms with E-state index < -0.39 is 0 Å². The summed E-state index contributed by atoms with van der Waals surface area (Å²) in [6.45, 7) is 0.602. The minimum atomic E-state index is -0.297. The molecule has 2 heterocycles. The molecule has 0 fully saturated rings. The summed E-state index contributed by atoms with van der Waals surface area (Å²) in [6, 6.07) is 3.18. The van der Waals surface area contributed by atoms with Gasteiger partial charge in [-0.05, 0) is 34.2 Å². The van der Waals surface area contributed by atoms with Crippen molar-refractivity contribution in [1.82, 2.24) is 14.5 Å². The van der Waals surface area contributed by atoms with Gasteiger partial charge in [0, 0.05) is 17.1 Å². The molecule has 18 heavy (non-hydrogen) atoms. The average Bonchev–Trinajstić information content (AvgIpc) is 2.92. The summed E-state index contributed by atoms with van der Waals surface area (Å²) >= 11 is 9.98. The second kappa shape index (κ2) is 4.56. The van der Waals surface area contributed by atoms with Crippen LogP contribution >= 0.6 is 39.5 Å². The van der Waals surface area contributed by atoms with E-state index in [-0.39, 0.29) is 5.82 Å². The minimum absolute atomic E-state index is 0.297. The van der Waals surface area contributed by atoms with Gasteiger partial charge in [-0.2, -0.15) is 0 Å². The van der Waals surface area contributed by atoms with Gasteiger partial charge in [0.1, 0.15) is 5.82 Å². The predicted molar refractivity (Wildman–Crippen MR) is 76.0 cm³/mol. The van der Waals surface area contributed by atoms with Gasteiger partial charge in [0.15, 0.2) is 4.77 Å². The molecule has 0 atom stereocenters. The number of thiazole rings is 1. The fraction of sp³-hybridized carbons (Fsp3) is 0.0909. The molecule has 0 amide bonds. The Labute approximate surface area is 119 Å². The first-order valence-electron chi connectivity index (χ1n) is 5.10. The van der Waals surface area contributed by atoms with Crippen molar-refractivity contribution in [3.8, 4) is 0 Å². The van der Waals surface area contributed by atoms with Crippen LogP contribution in [0.4, 0.5) is 4.39 Å². The van der Waals surface area contributed by atoms with Gasteiger partial charge in [-0.15, -0.1) is 11.3 Å². The standard InChI is InChI=1S/C11H7BrFN3S2/c12-7-1-9-10(2-8(7)13)16(11(17)15-9)4-6-3-14-5-18-6/h1-3,5H,4H2,(H,15,17). The third-order valence-electron chi connectivity index (χ3n) is 2.61. The van der Waals surface area contributed by atoms with Gasteiger partial charge in [-0.25, -0.2) is 4.39 Å². The Balaban J connectivity index is 2.19. The molecule has 0 aliphatic rings. The minimum Gasteiger partial charge on any atom is -0.331 e. The average molecular weight is 344 g/mol. The van der Waals surface area contributed by atoms with Crippen molar-refractivity contribution in [3.63, 3.8) is 0 Å². The van der Waals surface area contributed by atoms with Crippen LogP contribution in [0.25, 0.3) is 11.0 Å². The second-order valence-corrected chi connectivity index (χ2v) is 5.98. The maximum absolute atomic E-state index is 13.6. The maximum atomic E-state index is 13.6. The monoisotopic (exact) mass is 343 g/mol. The van der Waals surface area contributed by atoms with E-state index in [4.69, 9.17) is 12.2 Å². The summed E-state index contributed by atoms with van der Waals surface area (Å²) in [4.78, 5) is 8.18. The number of nitrogens with zero attached hydrogens (tertiary/aromatic N) is 2. The Morgan fingerprint density at radius 2 is 2.33 bits per heavy atom. The van der Waals surface area contributed by atoms with Crippen LogP contribution < -0.4 is 0 Å². The number of aromatic amines is 1. The van der Waals surface area contributed by atoms with E-state index in [0.29, 0.717) is 15.8 Å². The second-order valence-electron chi connectivity index (χ2n) is 3.77. The van der Waals surface area contributed by atoms with Crippen LogP contribution in [0, 0.1) is 10.6 Å². The quantitative estimate of drug-likeness (QED) is 0.710. The lowest BCUT2D eigenvalue weighted by Crippen LogP contribution is -1.98. The molecule has 3 aromatic rings. The SMILES string of the molecule is Fc1cc2c(cc1Br)[nH]c(=S)n2Cc1cncs1. The van der Waals surface area contributed by atoms with E-state index in [1.807, 2.05) is 4.57 Å². The van der Waals surface area contributed by atoms with Crippen molar-refractivity contribution in [2.24, 2.45) is 0 Å². The van der Waals surface area contributed by atoms with Gasteiger partial charge >= 0.3 is 0 Å². The molecule has 7 heteroatoms. The van der Waals surface area contributed by atoms with Gasteiger partial charge in [0.2, 0.25) is 0 Å². The number of halogens is 2. The molecule has 3 rings (SSSR count). The van der Waals surface area contributed by atoms with Crippen molar-refractivity contribution in [2.75, 3.05) is 0 Å². The first-order valence-corrected chi connectivity index (χ1v) is 7.18. The Morgan fingerprint density at radius 1 is 1.50 bits per heavy atom. The molecule has 0 spiro atoms. The molecule has 92 valence electrons. The van der Waals surface area contributed by atoms with Crippen LogP contribution in [0.1, 0.15) is 4.88 Å². The number of imidazole rings is 1. The lowest BCUT2D eigenvalue weighted by molar-refractivity contribution is 0.622. The number of benzene rings is 1. The highest BCUT2D eigenvalue weighted by Gasteiger charge is 2.09. The van der Waals surface area contributed by atoms with Gasteiger partial charge in [0.25, 0.3) is 0 Å². The zero-order valence-corrected chi connectivity index (χ0v) is 12.2. The highest BCUT2D eigenvalue weighted by Crippen LogP contribution is 2.24. The van der Waals surface area contributed by atoms with Crippen LogP contribution in [0.3, 0.4) is 0 Å². The Kier molecular flexibility index (Phi) is 3.04. The molecule has 0 saturated heterocycles. The van der Waals surface area contributed by atoms with E-state index in [1.54, 1.807) is 29.1 Å². The zero-order chi connectivity index (χ0) is 12.7. The lowest BCUT2D eigenvalue weighted by atomic mass is 10.3. The largest absolute Gasteiger partial charge is 0.331 e. The Bertz CT molecular complexity index is 761. The molecule has 3 nitrogen and oxygen atoms in total. The van der Waals surface area contributed by atoms with Crippen LogP contribution in [-0.2, 0) is 6.54 Å². The van der Waals surface area contributed by atoms with Crippen LogP contribution in [0.15, 0.2) is 28.3 Å². The van der Waals surface area contributed by atoms with Crippen molar-refractivity contribution in [3.05, 3.63) is 43.8 Å². The van der Waals surface area contributed by atoms with Crippen molar-refractivity contribution in [2.45, 2.75) is 6.54 Å². The summed E-state index contributed by atoms with van der Waals surface area (Å²) in [6.07, 6.45) is 1.79. The number of H-pyrrole nitrogens is 1. The van der Waals surface area contributed by atoms with Crippen molar-refractivity contribution >= 4 is 50.5 Å². The highest BCUT2D eigenvalue weighted by molar-refractivity contribution is 9.10. The zero-order valence-electron chi connectivity index (χ0n) is 8.98. The number of hydrogen-bond acceptors (Lipinski definition) is 3. The highest BCUT2D eigenvalue weighted by atomic mass is 79.9. The fourth-order valence-electron chi connectivity index (χ4n) is 1.78. The summed E-state index contributed by atoms with van der Waals surface area (Å²) in [5.41, 5.74) is 3.34. The first kappa shape index (κ1) is 12.0. The van der Waals surface area contributed by atoms with Crippen molar-refractivity contribution in [1.29, 1.82) is 0 Å². The number of aromatic nitrogens is 3. The molecule has 1 aromatic carbocycles. The predicted octanol–water partition coefficient (Wildman–Crippen LogP) is 4.11. The van der Waals surface area contributed by atoms with Gasteiger partial charge in [-0.1, -0.05) is 0 Å². The van der Waals surface area contributed by atoms with Gasteiger partial charge in [-0.3, -0.25) is 4.98 Å². The Morgan fingerprint density at radius 3 is 3.06 bits per heavy atom. The molecular weight excluding hydrogens is 337 g/mol. The van der Waals surface area contributed by atoms with Gasteiger partial charge in [0.05, 0.1) is 27.6 Å². The third-order valence-corrected chi connectivity index (χ3v) is 4.31. The molecule has 0 aliphatic heterocycles. The summed E-state index contributed by atoms with van der Waals surface area (Å²) in [5, 5.41) is 0. The van der Waals surface area contributed by atoms with Crippen molar-refractivity contribution < 1.29 is 4.39 Å². The number of rotatable bonds is 2. The molecule has 1 N–H and O–H groups in total. The summed E-state index contributed by atoms with van der Waals surface area (Å²) < 4.78 is 16.5. The molecule has 0 aliphatic carbocycles. The van der Waals surface area contributed by atoms with Crippen LogP contribution in [0.2, 0.25) is 0 Å². The topological polar surface area (TPSA) is 33.6 Å². The van der Waals surface area contributed by atoms with Crippen LogP contribution in [0.5, 0.6) is 0 Å². The van der Waals surface area contributed by atoms with E-state index >= 15 is 0 Å². The molecule has 0 unspecified atom stereocenters. The fourth-order valence-corrected chi connectivity index (χ4v) is 2.98.